The van der Waals surface area contributed by atoms with Gasteiger partial charge in [-0.1, -0.05) is 12.1 Å². The van der Waals surface area contributed by atoms with E-state index in [0.717, 1.165) is 29.7 Å². The highest BCUT2D eigenvalue weighted by molar-refractivity contribution is 5.97. The second kappa shape index (κ2) is 6.81. The minimum atomic E-state index is -0.448. The Kier molecular flexibility index (Phi) is 4.12. The van der Waals surface area contributed by atoms with E-state index in [4.69, 9.17) is 9.62 Å². The van der Waals surface area contributed by atoms with Crippen LogP contribution in [0.1, 0.15) is 36.8 Å². The van der Waals surface area contributed by atoms with E-state index < -0.39 is 5.92 Å². The van der Waals surface area contributed by atoms with Gasteiger partial charge in [0.1, 0.15) is 11.0 Å². The molecule has 9 heteroatoms. The van der Waals surface area contributed by atoms with Crippen LogP contribution in [0, 0.1) is 23.2 Å². The van der Waals surface area contributed by atoms with Gasteiger partial charge in [0, 0.05) is 43.1 Å². The van der Waals surface area contributed by atoms with Crippen LogP contribution in [0.5, 0.6) is 0 Å². The molecular weight excluding hydrogens is 370 g/mol. The molecule has 2 aromatic heterocycles. The number of nitrogens with one attached hydrogen (secondary N) is 1. The summed E-state index contributed by atoms with van der Waals surface area (Å²) < 4.78 is 4.94. The van der Waals surface area contributed by atoms with Crippen molar-refractivity contribution in [3.05, 3.63) is 35.5 Å². The zero-order valence-corrected chi connectivity index (χ0v) is 15.9. The van der Waals surface area contributed by atoms with Gasteiger partial charge in [-0.15, -0.1) is 0 Å². The van der Waals surface area contributed by atoms with Gasteiger partial charge in [0.25, 0.3) is 0 Å². The average molecular weight is 389 g/mol. The van der Waals surface area contributed by atoms with Gasteiger partial charge in [-0.05, 0) is 34.8 Å². The molecule has 29 heavy (non-hydrogen) atoms. The molecule has 3 aromatic rings. The van der Waals surface area contributed by atoms with E-state index in [2.05, 4.69) is 26.6 Å². The van der Waals surface area contributed by atoms with Gasteiger partial charge < -0.3 is 4.90 Å². The van der Waals surface area contributed by atoms with E-state index in [1.165, 1.54) is 0 Å². The Hall–Kier alpha value is -3.54. The Morgan fingerprint density at radius 3 is 2.86 bits per heavy atom. The lowest BCUT2D eigenvalue weighted by atomic mass is 9.72. The number of hydrogen-bond acceptors (Lipinski definition) is 7. The number of benzene rings is 1. The number of aromatic amines is 1. The molecule has 1 amide bonds. The highest BCUT2D eigenvalue weighted by atomic mass is 16.6. The Labute approximate surface area is 166 Å². The van der Waals surface area contributed by atoms with Crippen LogP contribution in [0.3, 0.4) is 0 Å². The van der Waals surface area contributed by atoms with Crippen molar-refractivity contribution in [3.8, 4) is 6.07 Å². The van der Waals surface area contributed by atoms with E-state index in [9.17, 15) is 10.1 Å². The molecule has 1 saturated heterocycles. The first kappa shape index (κ1) is 17.6. The summed E-state index contributed by atoms with van der Waals surface area (Å²) in [7, 11) is 0. The second-order valence-electron chi connectivity index (χ2n) is 7.55. The number of amides is 1. The number of piperidine rings is 1. The largest absolute Gasteiger partial charge is 0.343 e. The predicted octanol–water partition coefficient (Wildman–Crippen LogP) is 2.56. The smallest absolute Gasteiger partial charge is 0.219 e. The molecule has 0 aliphatic carbocycles. The number of rotatable bonds is 2. The fraction of sp³-hybridized carbons (Fsp3) is 0.400. The van der Waals surface area contributed by atoms with Crippen molar-refractivity contribution >= 4 is 28.5 Å². The second-order valence-corrected chi connectivity index (χ2v) is 7.55. The highest BCUT2D eigenvalue weighted by Crippen LogP contribution is 2.45. The Balaban J connectivity index is 1.58. The lowest BCUT2D eigenvalue weighted by molar-refractivity contribution is -0.129. The maximum atomic E-state index is 11.7. The van der Waals surface area contributed by atoms with Crippen LogP contribution in [0.25, 0.3) is 11.0 Å². The molecule has 1 fully saturated rings. The number of nitrogens with zero attached hydrogens (tertiary/aromatic N) is 6. The quantitative estimate of drug-likeness (QED) is 0.718. The summed E-state index contributed by atoms with van der Waals surface area (Å²) in [6.07, 6.45) is 3.32. The number of carbonyl (C=O) groups excluding carboxylic acids is 1. The molecule has 2 aliphatic heterocycles. The summed E-state index contributed by atoms with van der Waals surface area (Å²) in [5.41, 5.74) is 3.91. The number of hydrogen-bond donors (Lipinski definition) is 1. The van der Waals surface area contributed by atoms with Crippen molar-refractivity contribution < 1.29 is 9.42 Å². The molecule has 0 saturated carbocycles. The van der Waals surface area contributed by atoms with Gasteiger partial charge in [0.05, 0.1) is 18.2 Å². The molecule has 9 nitrogen and oxygen atoms in total. The van der Waals surface area contributed by atoms with E-state index in [0.29, 0.717) is 29.9 Å². The molecule has 4 heterocycles. The van der Waals surface area contributed by atoms with Crippen molar-refractivity contribution in [2.45, 2.75) is 25.7 Å². The standard InChI is InChI=1S/C20H19N7O2/c1-11(28)27-7-5-12(6-8-27)18-14(9-21)17(15-10-22-24-20(15)23-18)13-3-2-4-16-19(13)26-29-25-16/h2-4,10,12,14,17H,5-8H2,1H3,(H,22,24). The summed E-state index contributed by atoms with van der Waals surface area (Å²) in [6, 6.07) is 8.18. The van der Waals surface area contributed by atoms with Crippen molar-refractivity contribution in [1.82, 2.24) is 25.4 Å². The van der Waals surface area contributed by atoms with Crippen molar-refractivity contribution in [1.29, 1.82) is 5.26 Å². The Morgan fingerprint density at radius 2 is 2.10 bits per heavy atom. The SMILES string of the molecule is CC(=O)N1CCC(C2=Nc3[nH]ncc3C(c3cccc4nonc34)C2C#N)CC1. The molecule has 5 rings (SSSR count). The van der Waals surface area contributed by atoms with Crippen LogP contribution in [-0.4, -0.2) is 50.1 Å². The van der Waals surface area contributed by atoms with Gasteiger partial charge in [-0.25, -0.2) is 9.62 Å². The van der Waals surface area contributed by atoms with Crippen LogP contribution in [0.2, 0.25) is 0 Å². The zero-order chi connectivity index (χ0) is 20.0. The minimum absolute atomic E-state index is 0.0878. The summed E-state index contributed by atoms with van der Waals surface area (Å²) in [5.74, 6) is 0.201. The maximum absolute atomic E-state index is 11.7. The molecule has 0 spiro atoms. The first-order valence-corrected chi connectivity index (χ1v) is 9.65. The number of aromatic nitrogens is 4. The first-order chi connectivity index (χ1) is 14.2. The molecule has 2 aliphatic rings. The minimum Gasteiger partial charge on any atom is -0.343 e. The number of nitriles is 1. The van der Waals surface area contributed by atoms with Crippen LogP contribution in [-0.2, 0) is 4.79 Å². The average Bonchev–Trinajstić information content (AvgIpc) is 3.41. The van der Waals surface area contributed by atoms with Gasteiger partial charge in [-0.2, -0.15) is 10.4 Å². The Morgan fingerprint density at radius 1 is 1.28 bits per heavy atom. The normalized spacial score (nSPS) is 22.2. The molecule has 1 N–H and O–H groups in total. The highest BCUT2D eigenvalue weighted by Gasteiger charge is 2.40. The van der Waals surface area contributed by atoms with Crippen LogP contribution in [0.4, 0.5) is 5.82 Å². The monoisotopic (exact) mass is 389 g/mol. The number of H-pyrrole nitrogens is 1. The lowest BCUT2D eigenvalue weighted by Gasteiger charge is -2.36. The zero-order valence-electron chi connectivity index (χ0n) is 15.9. The third kappa shape index (κ3) is 2.79. The van der Waals surface area contributed by atoms with E-state index in [1.54, 1.807) is 13.1 Å². The van der Waals surface area contributed by atoms with E-state index in [1.807, 2.05) is 23.1 Å². The maximum Gasteiger partial charge on any atom is 0.219 e. The topological polar surface area (TPSA) is 124 Å². The van der Waals surface area contributed by atoms with E-state index >= 15 is 0 Å². The van der Waals surface area contributed by atoms with Gasteiger partial charge in [-0.3, -0.25) is 9.89 Å². The third-order valence-corrected chi connectivity index (χ3v) is 6.03. The fourth-order valence-corrected chi connectivity index (χ4v) is 4.56. The van der Waals surface area contributed by atoms with Gasteiger partial charge >= 0.3 is 0 Å². The number of aliphatic imine (C=N–C) groups is 1. The van der Waals surface area contributed by atoms with Gasteiger partial charge in [0.2, 0.25) is 5.91 Å². The fourth-order valence-electron chi connectivity index (χ4n) is 4.56. The van der Waals surface area contributed by atoms with Crippen molar-refractivity contribution in [3.63, 3.8) is 0 Å². The van der Waals surface area contributed by atoms with Gasteiger partial charge in [0.15, 0.2) is 5.82 Å². The molecule has 1 aromatic carbocycles. The molecule has 0 bridgehead atoms. The first-order valence-electron chi connectivity index (χ1n) is 9.65. The lowest BCUT2D eigenvalue weighted by Crippen LogP contribution is -2.41. The molecule has 0 radical (unpaired) electrons. The number of carbonyl (C=O) groups is 1. The van der Waals surface area contributed by atoms with Crippen LogP contribution < -0.4 is 0 Å². The van der Waals surface area contributed by atoms with Crippen molar-refractivity contribution in [2.24, 2.45) is 16.8 Å². The summed E-state index contributed by atoms with van der Waals surface area (Å²) in [6.45, 7) is 2.96. The van der Waals surface area contributed by atoms with Crippen LogP contribution in [0.15, 0.2) is 34.0 Å². The number of fused-ring (bicyclic) bond motifs is 2. The number of likely N-dealkylation sites (tertiary alicyclic amines) is 1. The molecular formula is C20H19N7O2. The van der Waals surface area contributed by atoms with E-state index in [-0.39, 0.29) is 17.7 Å². The predicted molar refractivity (Wildman–Crippen MR) is 103 cm³/mol. The van der Waals surface area contributed by atoms with Crippen LogP contribution >= 0.6 is 0 Å². The molecule has 2 atom stereocenters. The Bertz CT molecular complexity index is 1150. The molecule has 2 unspecified atom stereocenters. The molecule has 146 valence electrons. The third-order valence-electron chi connectivity index (χ3n) is 6.03. The van der Waals surface area contributed by atoms with Crippen molar-refractivity contribution in [2.75, 3.05) is 13.1 Å². The summed E-state index contributed by atoms with van der Waals surface area (Å²) >= 11 is 0. The summed E-state index contributed by atoms with van der Waals surface area (Å²) in [5, 5.41) is 25.3. The summed E-state index contributed by atoms with van der Waals surface area (Å²) in [4.78, 5) is 18.3.